The van der Waals surface area contributed by atoms with Gasteiger partial charge in [0.05, 0.1) is 18.9 Å². The van der Waals surface area contributed by atoms with Crippen LogP contribution in [0.4, 0.5) is 5.95 Å². The number of nitrogen functional groups attached to an aromatic ring is 1. The van der Waals surface area contributed by atoms with Crippen LogP contribution in [0.15, 0.2) is 12.5 Å². The van der Waals surface area contributed by atoms with Gasteiger partial charge in [0.15, 0.2) is 5.65 Å². The van der Waals surface area contributed by atoms with Crippen molar-refractivity contribution in [3.8, 4) is 0 Å². The van der Waals surface area contributed by atoms with E-state index < -0.39 is 48.7 Å². The average molecular weight is 509 g/mol. The van der Waals surface area contributed by atoms with Gasteiger partial charge >= 0.3 is 23.5 Å². The molecule has 0 aromatic carbocycles. The Morgan fingerprint density at radius 1 is 1.10 bits per heavy atom. The second kappa shape index (κ2) is 9.64. The fourth-order valence-electron chi connectivity index (χ4n) is 1.99. The minimum absolute atomic E-state index is 0.0530. The number of hydrogen-bond donors (Lipinski definition) is 7. The lowest BCUT2D eigenvalue weighted by Crippen LogP contribution is -2.34. The lowest BCUT2D eigenvalue weighted by atomic mass is 10.2. The maximum atomic E-state index is 11.8. The van der Waals surface area contributed by atoms with E-state index in [1.54, 1.807) is 0 Å². The molecule has 0 saturated carbocycles. The Balaban J connectivity index is 2.07. The maximum absolute atomic E-state index is 11.8. The van der Waals surface area contributed by atoms with Crippen molar-refractivity contribution in [2.75, 3.05) is 12.3 Å². The molecule has 176 valence electrons. The predicted molar refractivity (Wildman–Crippen MR) is 97.4 cm³/mol. The van der Waals surface area contributed by atoms with Crippen LogP contribution in [0.5, 0.6) is 0 Å². The number of nitrogens with two attached hydrogens (primary N) is 1. The molecule has 18 nitrogen and oxygen atoms in total. The number of aromatic nitrogens is 4. The molecule has 2 unspecified atom stereocenters. The third-order valence-electron chi connectivity index (χ3n) is 3.22. The number of aliphatic hydroxyl groups is 2. The van der Waals surface area contributed by atoms with Crippen molar-refractivity contribution in [3.05, 3.63) is 12.5 Å². The Bertz CT molecular complexity index is 1060. The summed E-state index contributed by atoms with van der Waals surface area (Å²) in [6.07, 6.45) is -2.45. The van der Waals surface area contributed by atoms with Gasteiger partial charge in [0.2, 0.25) is 12.4 Å². The first kappa shape index (κ1) is 25.9. The molecule has 0 fully saturated rings. The summed E-state index contributed by atoms with van der Waals surface area (Å²) in [4.78, 5) is 47.0. The second-order valence-corrected chi connectivity index (χ2v) is 10.1. The first-order valence-electron chi connectivity index (χ1n) is 7.83. The van der Waals surface area contributed by atoms with Crippen molar-refractivity contribution >= 4 is 40.6 Å². The normalized spacial score (nSPS) is 19.5. The van der Waals surface area contributed by atoms with Crippen LogP contribution < -0.4 is 5.73 Å². The summed E-state index contributed by atoms with van der Waals surface area (Å²) in [7, 11) is -16.7. The van der Waals surface area contributed by atoms with Gasteiger partial charge in [-0.1, -0.05) is 0 Å². The van der Waals surface area contributed by atoms with Crippen LogP contribution in [0.1, 0.15) is 13.3 Å². The van der Waals surface area contributed by atoms with E-state index >= 15 is 0 Å². The van der Waals surface area contributed by atoms with Gasteiger partial charge in [-0.3, -0.25) is 9.09 Å². The molecule has 0 radical (unpaired) electrons. The van der Waals surface area contributed by atoms with Crippen LogP contribution in [0.25, 0.3) is 11.2 Å². The third kappa shape index (κ3) is 7.93. The number of imidazole rings is 1. The molecule has 21 heteroatoms. The lowest BCUT2D eigenvalue weighted by molar-refractivity contribution is -0.209. The Labute approximate surface area is 172 Å². The van der Waals surface area contributed by atoms with Crippen LogP contribution in [-0.4, -0.2) is 68.1 Å². The quantitative estimate of drug-likeness (QED) is 0.141. The highest BCUT2D eigenvalue weighted by Gasteiger charge is 2.41. The van der Waals surface area contributed by atoms with Gasteiger partial charge < -0.3 is 40.3 Å². The van der Waals surface area contributed by atoms with Crippen LogP contribution >= 0.6 is 23.5 Å². The molecule has 2 aromatic rings. The molecule has 0 spiro atoms. The minimum atomic E-state index is -5.71. The van der Waals surface area contributed by atoms with Gasteiger partial charge in [-0.05, 0) is 6.92 Å². The zero-order valence-corrected chi connectivity index (χ0v) is 18.0. The summed E-state index contributed by atoms with van der Waals surface area (Å²) >= 11 is 0. The standard InChI is InChI=1S/C10H18N5O13P3/c1-5(16)7(3-25-30(21,22)28-31(23,24)27-29(18,19)20)26-10(17)15-4-13-6-2-12-9(11)14-8(6)15/h2,4-5,7,10,16-17H,3H2,1H3,(H,21,22)(H,23,24)(H2,11,12,14)(H2,18,19,20)/t5-,7-,10+/m1/s1. The summed E-state index contributed by atoms with van der Waals surface area (Å²) in [5.41, 5.74) is 5.75. The van der Waals surface area contributed by atoms with Crippen LogP contribution in [0.3, 0.4) is 0 Å². The number of phosphoric acid groups is 3. The van der Waals surface area contributed by atoms with E-state index in [0.29, 0.717) is 0 Å². The van der Waals surface area contributed by atoms with E-state index in [1.807, 2.05) is 0 Å². The number of anilines is 1. The molecule has 31 heavy (non-hydrogen) atoms. The SMILES string of the molecule is C[C@@H](O)[C@@H](COP(=O)(O)OP(=O)(O)OP(=O)(O)O)O[C@H](O)n1cnc2cnc(N)nc21. The number of hydrogen-bond acceptors (Lipinski definition) is 13. The predicted octanol–water partition coefficient (Wildman–Crippen LogP) is -1.03. The fraction of sp³-hybridized carbons (Fsp3) is 0.500. The molecule has 0 aliphatic heterocycles. The van der Waals surface area contributed by atoms with E-state index in [-0.39, 0.29) is 17.1 Å². The molecule has 2 aromatic heterocycles. The number of nitrogens with zero attached hydrogens (tertiary/aromatic N) is 4. The molecule has 5 atom stereocenters. The summed E-state index contributed by atoms with van der Waals surface area (Å²) in [6.45, 7) is 0.159. The summed E-state index contributed by atoms with van der Waals surface area (Å²) in [5, 5.41) is 20.0. The Morgan fingerprint density at radius 2 is 1.74 bits per heavy atom. The molecular formula is C10H18N5O13P3. The number of fused-ring (bicyclic) bond motifs is 1. The third-order valence-corrected chi connectivity index (χ3v) is 7.03. The highest BCUT2D eigenvalue weighted by molar-refractivity contribution is 7.66. The number of rotatable bonds is 11. The second-order valence-electron chi connectivity index (χ2n) is 5.72. The van der Waals surface area contributed by atoms with E-state index in [2.05, 4.69) is 28.1 Å². The van der Waals surface area contributed by atoms with Gasteiger partial charge in [-0.15, -0.1) is 0 Å². The van der Waals surface area contributed by atoms with Crippen molar-refractivity contribution in [2.24, 2.45) is 0 Å². The largest absolute Gasteiger partial charge is 0.490 e. The van der Waals surface area contributed by atoms with E-state index in [4.69, 9.17) is 25.2 Å². The molecule has 8 N–H and O–H groups in total. The zero-order chi connectivity index (χ0) is 23.6. The van der Waals surface area contributed by atoms with E-state index in [1.165, 1.54) is 6.20 Å². The number of phosphoric ester groups is 1. The monoisotopic (exact) mass is 509 g/mol. The summed E-state index contributed by atoms with van der Waals surface area (Å²) in [6, 6.07) is 0. The number of ether oxygens (including phenoxy) is 1. The average Bonchev–Trinajstić information content (AvgIpc) is 2.97. The molecule has 0 bridgehead atoms. The van der Waals surface area contributed by atoms with Crippen LogP contribution in [0.2, 0.25) is 0 Å². The van der Waals surface area contributed by atoms with E-state index in [9.17, 15) is 28.8 Å². The molecular weight excluding hydrogens is 491 g/mol. The molecule has 0 saturated heterocycles. The Hall–Kier alpha value is -1.36. The fourth-order valence-corrected chi connectivity index (χ4v) is 5.02. The smallest absolute Gasteiger partial charge is 0.391 e. The maximum Gasteiger partial charge on any atom is 0.490 e. The van der Waals surface area contributed by atoms with Gasteiger partial charge in [-0.25, -0.2) is 23.7 Å². The summed E-state index contributed by atoms with van der Waals surface area (Å²) < 4.78 is 51.3. The highest BCUT2D eigenvalue weighted by atomic mass is 31.3. The van der Waals surface area contributed by atoms with Gasteiger partial charge in [-0.2, -0.15) is 13.6 Å². The van der Waals surface area contributed by atoms with Crippen molar-refractivity contribution in [1.29, 1.82) is 0 Å². The molecule has 0 aliphatic rings. The van der Waals surface area contributed by atoms with Crippen molar-refractivity contribution in [1.82, 2.24) is 19.5 Å². The minimum Gasteiger partial charge on any atom is -0.391 e. The zero-order valence-electron chi connectivity index (χ0n) is 15.3. The molecule has 0 amide bonds. The first-order valence-corrected chi connectivity index (χ1v) is 12.4. The Morgan fingerprint density at radius 3 is 2.32 bits per heavy atom. The van der Waals surface area contributed by atoms with Crippen molar-refractivity contribution in [2.45, 2.75) is 25.5 Å². The first-order chi connectivity index (χ1) is 14.1. The van der Waals surface area contributed by atoms with Gasteiger partial charge in [0.25, 0.3) is 0 Å². The molecule has 0 aliphatic carbocycles. The summed E-state index contributed by atoms with van der Waals surface area (Å²) in [5.74, 6) is -0.138. The van der Waals surface area contributed by atoms with Crippen LogP contribution in [-0.2, 0) is 31.6 Å². The highest BCUT2D eigenvalue weighted by Crippen LogP contribution is 2.66. The lowest BCUT2D eigenvalue weighted by Gasteiger charge is -2.25. The van der Waals surface area contributed by atoms with Gasteiger partial charge in [0.1, 0.15) is 17.9 Å². The molecule has 2 heterocycles. The Kier molecular flexibility index (Phi) is 8.05. The van der Waals surface area contributed by atoms with E-state index in [0.717, 1.165) is 17.8 Å². The van der Waals surface area contributed by atoms with Crippen LogP contribution in [0, 0.1) is 0 Å². The molecule has 2 rings (SSSR count). The van der Waals surface area contributed by atoms with Crippen molar-refractivity contribution in [3.63, 3.8) is 0 Å². The van der Waals surface area contributed by atoms with Gasteiger partial charge in [0, 0.05) is 0 Å². The van der Waals surface area contributed by atoms with Crippen molar-refractivity contribution < 1.29 is 61.4 Å². The number of aliphatic hydroxyl groups excluding tert-OH is 2. The topological polar surface area (TPSA) is 279 Å².